The molecule has 0 radical (unpaired) electrons. The molecular formula is C19H29NO6. The fourth-order valence-corrected chi connectivity index (χ4v) is 1.76. The van der Waals surface area contributed by atoms with E-state index in [1.807, 2.05) is 30.3 Å². The highest BCUT2D eigenvalue weighted by atomic mass is 16.6. The van der Waals surface area contributed by atoms with E-state index in [0.717, 1.165) is 11.8 Å². The molecular weight excluding hydrogens is 338 g/mol. The van der Waals surface area contributed by atoms with Crippen molar-refractivity contribution in [3.8, 4) is 0 Å². The molecule has 0 aliphatic rings. The number of ether oxygens (including phenoxy) is 3. The van der Waals surface area contributed by atoms with E-state index < -0.39 is 29.8 Å². The van der Waals surface area contributed by atoms with Gasteiger partial charge in [-0.2, -0.15) is 0 Å². The number of methoxy groups -OCH3 is 1. The Kier molecular flexibility index (Phi) is 10.9. The minimum atomic E-state index is -0.946. The first-order chi connectivity index (χ1) is 12.1. The average molecular weight is 367 g/mol. The molecule has 0 saturated heterocycles. The molecule has 7 heteroatoms. The summed E-state index contributed by atoms with van der Waals surface area (Å²) in [5.41, 5.74) is 0.209. The van der Waals surface area contributed by atoms with Crippen LogP contribution in [0.25, 0.3) is 0 Å². The van der Waals surface area contributed by atoms with Crippen molar-refractivity contribution in [2.45, 2.75) is 59.0 Å². The number of hydrogen-bond acceptors (Lipinski definition) is 6. The molecule has 2 unspecified atom stereocenters. The van der Waals surface area contributed by atoms with Crippen LogP contribution in [0.1, 0.15) is 40.2 Å². The summed E-state index contributed by atoms with van der Waals surface area (Å²) >= 11 is 0. The number of benzene rings is 1. The monoisotopic (exact) mass is 367 g/mol. The third-order valence-corrected chi connectivity index (χ3v) is 2.99. The second-order valence-electron chi connectivity index (χ2n) is 6.39. The van der Waals surface area contributed by atoms with Crippen molar-refractivity contribution in [3.05, 3.63) is 35.9 Å². The van der Waals surface area contributed by atoms with Gasteiger partial charge in [0.1, 0.15) is 18.5 Å². The molecule has 1 aromatic rings. The van der Waals surface area contributed by atoms with Gasteiger partial charge in [0.25, 0.3) is 0 Å². The van der Waals surface area contributed by atoms with Gasteiger partial charge in [0, 0.05) is 7.11 Å². The SMILES string of the molecule is CC=O.COC(C)C(NC(=O)OC(C)(C)C)C(=O)OCc1ccccc1. The van der Waals surface area contributed by atoms with Gasteiger partial charge < -0.3 is 24.3 Å². The summed E-state index contributed by atoms with van der Waals surface area (Å²) in [6, 6.07) is 8.35. The Hall–Kier alpha value is -2.41. The van der Waals surface area contributed by atoms with Crippen molar-refractivity contribution < 1.29 is 28.6 Å². The molecule has 2 atom stereocenters. The maximum atomic E-state index is 12.2. The van der Waals surface area contributed by atoms with Crippen molar-refractivity contribution in [2.24, 2.45) is 0 Å². The van der Waals surface area contributed by atoms with Crippen LogP contribution < -0.4 is 5.32 Å². The van der Waals surface area contributed by atoms with Crippen molar-refractivity contribution >= 4 is 18.3 Å². The summed E-state index contributed by atoms with van der Waals surface area (Å²) in [5, 5.41) is 2.50. The van der Waals surface area contributed by atoms with Gasteiger partial charge >= 0.3 is 12.1 Å². The van der Waals surface area contributed by atoms with Crippen molar-refractivity contribution in [1.82, 2.24) is 5.32 Å². The highest BCUT2D eigenvalue weighted by Gasteiger charge is 2.30. The number of aldehydes is 1. The predicted molar refractivity (Wildman–Crippen MR) is 97.6 cm³/mol. The zero-order valence-electron chi connectivity index (χ0n) is 16.3. The fourth-order valence-electron chi connectivity index (χ4n) is 1.76. The molecule has 26 heavy (non-hydrogen) atoms. The molecule has 7 nitrogen and oxygen atoms in total. The lowest BCUT2D eigenvalue weighted by molar-refractivity contribution is -0.151. The van der Waals surface area contributed by atoms with Crippen LogP contribution >= 0.6 is 0 Å². The zero-order chi connectivity index (χ0) is 20.2. The Balaban J connectivity index is 0.00000194. The number of hydrogen-bond donors (Lipinski definition) is 1. The molecule has 1 aromatic carbocycles. The van der Waals surface area contributed by atoms with Crippen molar-refractivity contribution in [2.75, 3.05) is 7.11 Å². The summed E-state index contributed by atoms with van der Waals surface area (Å²) in [6.07, 6.45) is -0.492. The standard InChI is InChI=1S/C17H25NO5.C2H4O/c1-12(21-5)14(18-16(20)23-17(2,3)4)15(19)22-11-13-9-7-6-8-10-13;1-2-3/h6-10,12,14H,11H2,1-5H3,(H,18,20);2H,1H3. The van der Waals surface area contributed by atoms with Crippen LogP contribution in [-0.2, 0) is 30.4 Å². The summed E-state index contributed by atoms with van der Waals surface area (Å²) in [5.74, 6) is -0.575. The normalized spacial score (nSPS) is 12.7. The van der Waals surface area contributed by atoms with Gasteiger partial charge in [-0.05, 0) is 40.2 Å². The van der Waals surface area contributed by atoms with Crippen LogP contribution in [0.4, 0.5) is 4.79 Å². The van der Waals surface area contributed by atoms with Gasteiger partial charge in [0.2, 0.25) is 0 Å². The number of nitrogens with one attached hydrogen (secondary N) is 1. The number of carbonyl (C=O) groups is 3. The first-order valence-electron chi connectivity index (χ1n) is 8.27. The minimum absolute atomic E-state index is 0.128. The quantitative estimate of drug-likeness (QED) is 0.614. The molecule has 0 bridgehead atoms. The molecule has 0 fully saturated rings. The molecule has 1 amide bonds. The second-order valence-corrected chi connectivity index (χ2v) is 6.39. The zero-order valence-corrected chi connectivity index (χ0v) is 16.3. The number of esters is 1. The van der Waals surface area contributed by atoms with Crippen molar-refractivity contribution in [3.63, 3.8) is 0 Å². The lowest BCUT2D eigenvalue weighted by Gasteiger charge is -2.25. The largest absolute Gasteiger partial charge is 0.459 e. The fraction of sp³-hybridized carbons (Fsp3) is 0.526. The van der Waals surface area contributed by atoms with Crippen LogP contribution in [0.15, 0.2) is 30.3 Å². The van der Waals surface area contributed by atoms with Crippen LogP contribution in [0.3, 0.4) is 0 Å². The van der Waals surface area contributed by atoms with E-state index in [-0.39, 0.29) is 6.61 Å². The second kappa shape index (κ2) is 12.0. The van der Waals surface area contributed by atoms with E-state index in [4.69, 9.17) is 19.0 Å². The third kappa shape index (κ3) is 10.5. The van der Waals surface area contributed by atoms with E-state index in [1.54, 1.807) is 27.7 Å². The molecule has 146 valence electrons. The van der Waals surface area contributed by atoms with Gasteiger partial charge in [0.05, 0.1) is 6.10 Å². The molecule has 0 aliphatic carbocycles. The Labute approximate surface area is 155 Å². The Morgan fingerprint density at radius 2 is 1.73 bits per heavy atom. The van der Waals surface area contributed by atoms with E-state index in [1.165, 1.54) is 14.0 Å². The molecule has 1 N–H and O–H groups in total. The summed E-state index contributed by atoms with van der Waals surface area (Å²) < 4.78 is 15.6. The van der Waals surface area contributed by atoms with Crippen LogP contribution in [0, 0.1) is 0 Å². The highest BCUT2D eigenvalue weighted by Crippen LogP contribution is 2.09. The topological polar surface area (TPSA) is 90.9 Å². The van der Waals surface area contributed by atoms with Gasteiger partial charge in [0.15, 0.2) is 6.04 Å². The average Bonchev–Trinajstić information content (AvgIpc) is 2.57. The lowest BCUT2D eigenvalue weighted by Crippen LogP contribution is -2.50. The molecule has 1 rings (SSSR count). The van der Waals surface area contributed by atoms with E-state index in [0.29, 0.717) is 0 Å². The molecule has 0 aromatic heterocycles. The van der Waals surface area contributed by atoms with Gasteiger partial charge in [-0.3, -0.25) is 0 Å². The number of amides is 1. The first-order valence-corrected chi connectivity index (χ1v) is 8.27. The van der Waals surface area contributed by atoms with Gasteiger partial charge in [-0.25, -0.2) is 9.59 Å². The van der Waals surface area contributed by atoms with E-state index in [2.05, 4.69) is 5.32 Å². The first kappa shape index (κ1) is 23.6. The van der Waals surface area contributed by atoms with Gasteiger partial charge in [-0.1, -0.05) is 30.3 Å². The van der Waals surface area contributed by atoms with Crippen molar-refractivity contribution in [1.29, 1.82) is 0 Å². The summed E-state index contributed by atoms with van der Waals surface area (Å²) in [6.45, 7) is 8.48. The third-order valence-electron chi connectivity index (χ3n) is 2.99. The highest BCUT2D eigenvalue weighted by molar-refractivity contribution is 5.82. The smallest absolute Gasteiger partial charge is 0.408 e. The van der Waals surface area contributed by atoms with E-state index >= 15 is 0 Å². The Bertz CT molecular complexity index is 553. The van der Waals surface area contributed by atoms with Crippen LogP contribution in [-0.4, -0.2) is 43.2 Å². The number of carbonyl (C=O) groups excluding carboxylic acids is 3. The summed E-state index contributed by atoms with van der Waals surface area (Å²) in [4.78, 5) is 32.9. The predicted octanol–water partition coefficient (Wildman–Crippen LogP) is 2.86. The van der Waals surface area contributed by atoms with E-state index in [9.17, 15) is 9.59 Å². The molecule has 0 spiro atoms. The lowest BCUT2D eigenvalue weighted by atomic mass is 10.2. The minimum Gasteiger partial charge on any atom is -0.459 e. The maximum absolute atomic E-state index is 12.2. The van der Waals surface area contributed by atoms with Crippen LogP contribution in [0.5, 0.6) is 0 Å². The molecule has 0 saturated carbocycles. The molecule has 0 aliphatic heterocycles. The van der Waals surface area contributed by atoms with Crippen LogP contribution in [0.2, 0.25) is 0 Å². The number of alkyl carbamates (subject to hydrolysis) is 1. The Morgan fingerprint density at radius 3 is 2.19 bits per heavy atom. The number of rotatable bonds is 6. The molecule has 0 heterocycles. The van der Waals surface area contributed by atoms with Gasteiger partial charge in [-0.15, -0.1) is 0 Å². The Morgan fingerprint density at radius 1 is 1.19 bits per heavy atom. The maximum Gasteiger partial charge on any atom is 0.408 e. The summed E-state index contributed by atoms with van der Waals surface area (Å²) in [7, 11) is 1.46.